The Morgan fingerprint density at radius 1 is 0.295 bits per heavy atom. The van der Waals surface area contributed by atoms with E-state index >= 15 is 0 Å². The highest BCUT2D eigenvalue weighted by molar-refractivity contribution is 4.97. The van der Waals surface area contributed by atoms with E-state index in [0.29, 0.717) is 6.17 Å². The van der Waals surface area contributed by atoms with Gasteiger partial charge in [-0.25, -0.2) is 0 Å². The van der Waals surface area contributed by atoms with Crippen LogP contribution in [0.15, 0.2) is 12.4 Å². The first-order chi connectivity index (χ1) is 21.8. The molecule has 1 aliphatic rings. The lowest BCUT2D eigenvalue weighted by atomic mass is 10.0. The molecule has 1 rings (SSSR count). The number of hydrogen-bond acceptors (Lipinski definition) is 2. The quantitative estimate of drug-likeness (QED) is 0.0646. The van der Waals surface area contributed by atoms with E-state index in [1.807, 2.05) is 0 Å². The molecule has 0 spiro atoms. The first-order valence-corrected chi connectivity index (χ1v) is 21.0. The molecule has 0 aliphatic carbocycles. The van der Waals surface area contributed by atoms with Crippen LogP contribution in [0.1, 0.15) is 239 Å². The summed E-state index contributed by atoms with van der Waals surface area (Å²) in [5.74, 6) is 0. The SMILES string of the molecule is CCCCCCCCCCCCCCCCCCCN1C=CN(CCCCC)C1CCCCCCCCCCCCCCC. The molecule has 1 aliphatic heterocycles. The molecule has 262 valence electrons. The Hall–Kier alpha value is -0.660. The van der Waals surface area contributed by atoms with Gasteiger partial charge in [-0.15, -0.1) is 0 Å². The van der Waals surface area contributed by atoms with E-state index in [0.717, 1.165) is 0 Å². The molecule has 0 aromatic carbocycles. The van der Waals surface area contributed by atoms with Crippen LogP contribution in [0.25, 0.3) is 0 Å². The normalized spacial score (nSPS) is 14.8. The van der Waals surface area contributed by atoms with Crippen LogP contribution in [0.3, 0.4) is 0 Å². The summed E-state index contributed by atoms with van der Waals surface area (Å²) in [6, 6.07) is 0. The molecule has 0 aromatic heterocycles. The van der Waals surface area contributed by atoms with Crippen molar-refractivity contribution in [1.29, 1.82) is 0 Å². The minimum Gasteiger partial charge on any atom is -0.356 e. The minimum absolute atomic E-state index is 0.639. The van der Waals surface area contributed by atoms with Gasteiger partial charge in [-0.3, -0.25) is 0 Å². The summed E-state index contributed by atoms with van der Waals surface area (Å²) in [5, 5.41) is 0. The molecule has 1 heterocycles. The number of hydrogen-bond donors (Lipinski definition) is 0. The summed E-state index contributed by atoms with van der Waals surface area (Å²) in [5.41, 5.74) is 0. The van der Waals surface area contributed by atoms with Crippen LogP contribution in [-0.2, 0) is 0 Å². The number of rotatable bonds is 36. The van der Waals surface area contributed by atoms with E-state index in [-0.39, 0.29) is 0 Å². The molecular weight excluding hydrogens is 532 g/mol. The summed E-state index contributed by atoms with van der Waals surface area (Å²) in [6.07, 6.45) is 54.5. The maximum Gasteiger partial charge on any atom is 0.101 e. The van der Waals surface area contributed by atoms with Crippen molar-refractivity contribution in [3.05, 3.63) is 12.4 Å². The molecule has 0 saturated heterocycles. The van der Waals surface area contributed by atoms with Gasteiger partial charge in [0.1, 0.15) is 6.17 Å². The summed E-state index contributed by atoms with van der Waals surface area (Å²) >= 11 is 0. The van der Waals surface area contributed by atoms with Crippen LogP contribution in [0.4, 0.5) is 0 Å². The van der Waals surface area contributed by atoms with Crippen LogP contribution in [0, 0.1) is 0 Å². The Morgan fingerprint density at radius 2 is 0.523 bits per heavy atom. The van der Waals surface area contributed by atoms with Crippen molar-refractivity contribution in [2.45, 2.75) is 245 Å². The average Bonchev–Trinajstić information content (AvgIpc) is 3.42. The van der Waals surface area contributed by atoms with E-state index in [1.54, 1.807) is 0 Å². The Balaban J connectivity index is 2.04. The van der Waals surface area contributed by atoms with Gasteiger partial charge in [0.15, 0.2) is 0 Å². The second-order valence-electron chi connectivity index (χ2n) is 14.6. The van der Waals surface area contributed by atoms with Gasteiger partial charge in [0, 0.05) is 25.5 Å². The molecule has 0 amide bonds. The Bertz CT molecular complexity index is 572. The highest BCUT2D eigenvalue weighted by atomic mass is 15.4. The molecule has 2 heteroatoms. The topological polar surface area (TPSA) is 6.48 Å². The van der Waals surface area contributed by atoms with Crippen molar-refractivity contribution in [3.63, 3.8) is 0 Å². The van der Waals surface area contributed by atoms with Crippen molar-refractivity contribution in [3.8, 4) is 0 Å². The average molecular weight is 617 g/mol. The first-order valence-electron chi connectivity index (χ1n) is 21.0. The highest BCUT2D eigenvalue weighted by Gasteiger charge is 2.24. The van der Waals surface area contributed by atoms with E-state index < -0.39 is 0 Å². The fourth-order valence-electron chi connectivity index (χ4n) is 7.25. The van der Waals surface area contributed by atoms with Crippen molar-refractivity contribution >= 4 is 0 Å². The zero-order chi connectivity index (χ0) is 31.6. The van der Waals surface area contributed by atoms with Gasteiger partial charge in [-0.05, 0) is 25.7 Å². The summed E-state index contributed by atoms with van der Waals surface area (Å²) in [6.45, 7) is 9.47. The Morgan fingerprint density at radius 3 is 0.841 bits per heavy atom. The third-order valence-electron chi connectivity index (χ3n) is 10.3. The molecule has 2 nitrogen and oxygen atoms in total. The molecular formula is C42H84N2. The third-order valence-corrected chi connectivity index (χ3v) is 10.3. The predicted octanol–water partition coefficient (Wildman–Crippen LogP) is 14.7. The predicted molar refractivity (Wildman–Crippen MR) is 200 cm³/mol. The maximum absolute atomic E-state index is 2.71. The van der Waals surface area contributed by atoms with Crippen LogP contribution in [0.5, 0.6) is 0 Å². The monoisotopic (exact) mass is 617 g/mol. The van der Waals surface area contributed by atoms with Gasteiger partial charge in [0.05, 0.1) is 0 Å². The lowest BCUT2D eigenvalue weighted by molar-refractivity contribution is 0.135. The third kappa shape index (κ3) is 25.5. The van der Waals surface area contributed by atoms with Crippen molar-refractivity contribution in [2.75, 3.05) is 13.1 Å². The van der Waals surface area contributed by atoms with E-state index in [4.69, 9.17) is 0 Å². The van der Waals surface area contributed by atoms with Gasteiger partial charge < -0.3 is 9.80 Å². The second-order valence-corrected chi connectivity index (χ2v) is 14.6. The molecule has 0 N–H and O–H groups in total. The van der Waals surface area contributed by atoms with Crippen molar-refractivity contribution in [1.82, 2.24) is 9.80 Å². The fourth-order valence-corrected chi connectivity index (χ4v) is 7.25. The summed E-state index contributed by atoms with van der Waals surface area (Å²) < 4.78 is 0. The Labute approximate surface area is 280 Å². The van der Waals surface area contributed by atoms with Crippen LogP contribution in [-0.4, -0.2) is 29.1 Å². The molecule has 44 heavy (non-hydrogen) atoms. The summed E-state index contributed by atoms with van der Waals surface area (Å²) in [4.78, 5) is 5.39. The zero-order valence-corrected chi connectivity index (χ0v) is 31.1. The van der Waals surface area contributed by atoms with Gasteiger partial charge in [0.2, 0.25) is 0 Å². The lowest BCUT2D eigenvalue weighted by Gasteiger charge is -2.33. The van der Waals surface area contributed by atoms with E-state index in [1.165, 1.54) is 231 Å². The first kappa shape index (κ1) is 41.4. The molecule has 0 bridgehead atoms. The van der Waals surface area contributed by atoms with Gasteiger partial charge in [-0.2, -0.15) is 0 Å². The van der Waals surface area contributed by atoms with Gasteiger partial charge in [0.25, 0.3) is 0 Å². The van der Waals surface area contributed by atoms with E-state index in [9.17, 15) is 0 Å². The van der Waals surface area contributed by atoms with Crippen molar-refractivity contribution < 1.29 is 0 Å². The van der Waals surface area contributed by atoms with Crippen molar-refractivity contribution in [2.24, 2.45) is 0 Å². The van der Waals surface area contributed by atoms with Crippen LogP contribution in [0.2, 0.25) is 0 Å². The summed E-state index contributed by atoms with van der Waals surface area (Å²) in [7, 11) is 0. The maximum atomic E-state index is 2.71. The Kier molecular flexibility index (Phi) is 31.7. The molecule has 0 saturated carbocycles. The van der Waals surface area contributed by atoms with Crippen LogP contribution >= 0.6 is 0 Å². The molecule has 1 atom stereocenters. The standard InChI is InChI=1S/C42H84N2/c1-4-7-10-12-14-16-18-20-21-22-23-25-27-29-31-33-36-39-44-41-40-43(38-35-9-6-3)42(44)37-34-32-30-28-26-24-19-17-15-13-11-8-5-2/h40-42H,4-39H2,1-3H3. The second kappa shape index (κ2) is 33.7. The lowest BCUT2D eigenvalue weighted by Crippen LogP contribution is -2.39. The van der Waals surface area contributed by atoms with Gasteiger partial charge >= 0.3 is 0 Å². The number of unbranched alkanes of at least 4 members (excludes halogenated alkanes) is 30. The smallest absolute Gasteiger partial charge is 0.101 e. The minimum atomic E-state index is 0.639. The van der Waals surface area contributed by atoms with Crippen LogP contribution < -0.4 is 0 Å². The number of nitrogens with zero attached hydrogens (tertiary/aromatic N) is 2. The highest BCUT2D eigenvalue weighted by Crippen LogP contribution is 2.24. The van der Waals surface area contributed by atoms with E-state index in [2.05, 4.69) is 43.0 Å². The largest absolute Gasteiger partial charge is 0.356 e. The molecule has 0 radical (unpaired) electrons. The zero-order valence-electron chi connectivity index (χ0n) is 31.1. The molecule has 1 unspecified atom stereocenters. The molecule has 0 aromatic rings. The van der Waals surface area contributed by atoms with Gasteiger partial charge in [-0.1, -0.05) is 213 Å². The molecule has 0 fully saturated rings. The fraction of sp³-hybridized carbons (Fsp3) is 0.952.